The summed E-state index contributed by atoms with van der Waals surface area (Å²) in [6.07, 6.45) is 3.53. The highest BCUT2D eigenvalue weighted by atomic mass is 19.3. The summed E-state index contributed by atoms with van der Waals surface area (Å²) in [6, 6.07) is 0. The number of carboxylic acid groups (broad SMARTS) is 1. The smallest absolute Gasteiger partial charge is 0.311 e. The number of terminal acetylenes is 1. The molecule has 12 heavy (non-hydrogen) atoms. The van der Waals surface area contributed by atoms with Gasteiger partial charge < -0.3 is 5.11 Å². The van der Waals surface area contributed by atoms with Crippen molar-refractivity contribution in [3.63, 3.8) is 0 Å². The minimum Gasteiger partial charge on any atom is -0.481 e. The molecule has 0 aromatic rings. The van der Waals surface area contributed by atoms with Crippen molar-refractivity contribution in [1.29, 1.82) is 0 Å². The van der Waals surface area contributed by atoms with Crippen molar-refractivity contribution < 1.29 is 18.7 Å². The maximum absolute atomic E-state index is 12.4. The average Bonchev–Trinajstić information content (AvgIpc) is 1.83. The van der Waals surface area contributed by atoms with Gasteiger partial charge in [0.05, 0.1) is 5.41 Å². The van der Waals surface area contributed by atoms with Crippen molar-refractivity contribution in [2.75, 3.05) is 0 Å². The van der Waals surface area contributed by atoms with Crippen LogP contribution >= 0.6 is 0 Å². The second-order valence-electron chi connectivity index (χ2n) is 3.18. The van der Waals surface area contributed by atoms with E-state index in [-0.39, 0.29) is 6.42 Å². The summed E-state index contributed by atoms with van der Waals surface area (Å²) >= 11 is 0. The van der Waals surface area contributed by atoms with Gasteiger partial charge in [0.2, 0.25) is 5.92 Å². The zero-order chi connectivity index (χ0) is 9.41. The first-order valence-electron chi connectivity index (χ1n) is 3.47. The maximum Gasteiger partial charge on any atom is 0.311 e. The summed E-state index contributed by atoms with van der Waals surface area (Å²) in [7, 11) is 0. The van der Waals surface area contributed by atoms with E-state index in [1.165, 1.54) is 0 Å². The van der Waals surface area contributed by atoms with Crippen LogP contribution in [0.1, 0.15) is 19.3 Å². The Morgan fingerprint density at radius 1 is 1.58 bits per heavy atom. The van der Waals surface area contributed by atoms with E-state index >= 15 is 0 Å². The molecule has 0 unspecified atom stereocenters. The van der Waals surface area contributed by atoms with Gasteiger partial charge in [-0.2, -0.15) is 0 Å². The molecule has 1 saturated carbocycles. The minimum absolute atomic E-state index is 0.113. The van der Waals surface area contributed by atoms with Crippen LogP contribution in [-0.4, -0.2) is 17.0 Å². The summed E-state index contributed by atoms with van der Waals surface area (Å²) in [5, 5.41) is 8.62. The molecule has 0 saturated heterocycles. The Morgan fingerprint density at radius 2 is 2.08 bits per heavy atom. The summed E-state index contributed by atoms with van der Waals surface area (Å²) in [4.78, 5) is 10.6. The van der Waals surface area contributed by atoms with Crippen molar-refractivity contribution >= 4 is 5.97 Å². The molecule has 2 nitrogen and oxygen atoms in total. The predicted octanol–water partition coefficient (Wildman–Crippen LogP) is 1.51. The monoisotopic (exact) mass is 174 g/mol. The fourth-order valence-electron chi connectivity index (χ4n) is 1.49. The highest BCUT2D eigenvalue weighted by molar-refractivity contribution is 5.76. The van der Waals surface area contributed by atoms with Crippen LogP contribution in [0.3, 0.4) is 0 Å². The molecule has 1 aliphatic carbocycles. The molecule has 0 heterocycles. The molecule has 1 aliphatic rings. The van der Waals surface area contributed by atoms with Crippen LogP contribution in [0.4, 0.5) is 8.78 Å². The van der Waals surface area contributed by atoms with E-state index in [9.17, 15) is 13.6 Å². The number of alkyl halides is 2. The molecule has 0 spiro atoms. The van der Waals surface area contributed by atoms with Gasteiger partial charge in [-0.15, -0.1) is 12.3 Å². The van der Waals surface area contributed by atoms with E-state index in [0.29, 0.717) is 0 Å². The maximum atomic E-state index is 12.4. The number of aliphatic carboxylic acids is 1. The minimum atomic E-state index is -2.84. The Kier molecular flexibility index (Phi) is 1.83. The molecule has 0 aromatic heterocycles. The fraction of sp³-hybridized carbons (Fsp3) is 0.625. The van der Waals surface area contributed by atoms with E-state index in [4.69, 9.17) is 11.5 Å². The van der Waals surface area contributed by atoms with Crippen molar-refractivity contribution in [2.24, 2.45) is 5.41 Å². The highest BCUT2D eigenvalue weighted by Crippen LogP contribution is 2.53. The van der Waals surface area contributed by atoms with Crippen molar-refractivity contribution in [3.8, 4) is 12.3 Å². The van der Waals surface area contributed by atoms with Crippen LogP contribution in [0.25, 0.3) is 0 Å². The van der Waals surface area contributed by atoms with E-state index in [1.807, 2.05) is 0 Å². The molecule has 66 valence electrons. The van der Waals surface area contributed by atoms with Gasteiger partial charge in [0.25, 0.3) is 0 Å². The quantitative estimate of drug-likeness (QED) is 0.644. The van der Waals surface area contributed by atoms with Gasteiger partial charge in [-0.3, -0.25) is 4.79 Å². The zero-order valence-electron chi connectivity index (χ0n) is 6.31. The number of hydrogen-bond donors (Lipinski definition) is 1. The standard InChI is InChI=1S/C8H8F2O2/c1-2-3-7(6(11)12)4-8(9,10)5-7/h1H,3-5H2,(H,11,12). The third kappa shape index (κ3) is 1.27. The number of halogens is 2. The molecule has 0 bridgehead atoms. The van der Waals surface area contributed by atoms with Crippen molar-refractivity contribution in [3.05, 3.63) is 0 Å². The zero-order valence-corrected chi connectivity index (χ0v) is 6.31. The van der Waals surface area contributed by atoms with E-state index in [1.54, 1.807) is 0 Å². The highest BCUT2D eigenvalue weighted by Gasteiger charge is 2.60. The molecule has 1 fully saturated rings. The van der Waals surface area contributed by atoms with Gasteiger partial charge in [-0.25, -0.2) is 8.78 Å². The largest absolute Gasteiger partial charge is 0.481 e. The molecule has 1 rings (SSSR count). The lowest BCUT2D eigenvalue weighted by atomic mass is 9.64. The topological polar surface area (TPSA) is 37.3 Å². The van der Waals surface area contributed by atoms with E-state index < -0.39 is 30.1 Å². The third-order valence-electron chi connectivity index (χ3n) is 2.09. The Bertz CT molecular complexity index is 244. The van der Waals surface area contributed by atoms with Gasteiger partial charge in [-0.05, 0) is 0 Å². The second kappa shape index (κ2) is 2.44. The Hall–Kier alpha value is -1.11. The van der Waals surface area contributed by atoms with Crippen molar-refractivity contribution in [1.82, 2.24) is 0 Å². The Balaban J connectivity index is 2.70. The lowest BCUT2D eigenvalue weighted by Crippen LogP contribution is -2.50. The summed E-state index contributed by atoms with van der Waals surface area (Å²) < 4.78 is 24.8. The molecule has 0 aromatic carbocycles. The molecule has 0 atom stereocenters. The van der Waals surface area contributed by atoms with Gasteiger partial charge in [0, 0.05) is 19.3 Å². The van der Waals surface area contributed by atoms with E-state index in [0.717, 1.165) is 0 Å². The Morgan fingerprint density at radius 3 is 2.33 bits per heavy atom. The fourth-order valence-corrected chi connectivity index (χ4v) is 1.49. The van der Waals surface area contributed by atoms with Crippen LogP contribution in [0.2, 0.25) is 0 Å². The van der Waals surface area contributed by atoms with Gasteiger partial charge in [0.15, 0.2) is 0 Å². The molecule has 4 heteroatoms. The molecular weight excluding hydrogens is 166 g/mol. The average molecular weight is 174 g/mol. The molecule has 1 N–H and O–H groups in total. The van der Waals surface area contributed by atoms with Crippen LogP contribution in [0.5, 0.6) is 0 Å². The first-order valence-corrected chi connectivity index (χ1v) is 3.47. The normalized spacial score (nSPS) is 23.8. The third-order valence-corrected chi connectivity index (χ3v) is 2.09. The number of hydrogen-bond acceptors (Lipinski definition) is 1. The molecule has 0 aliphatic heterocycles. The summed E-state index contributed by atoms with van der Waals surface area (Å²) in [5.74, 6) is -1.94. The van der Waals surface area contributed by atoms with Gasteiger partial charge in [-0.1, -0.05) is 0 Å². The van der Waals surface area contributed by atoms with Gasteiger partial charge in [0.1, 0.15) is 0 Å². The van der Waals surface area contributed by atoms with Crippen molar-refractivity contribution in [2.45, 2.75) is 25.2 Å². The van der Waals surface area contributed by atoms with Gasteiger partial charge >= 0.3 is 5.97 Å². The molecule has 0 amide bonds. The SMILES string of the molecule is C#CCC1(C(=O)O)CC(F)(F)C1. The lowest BCUT2D eigenvalue weighted by Gasteiger charge is -2.42. The number of carboxylic acids is 1. The molecular formula is C8H8F2O2. The summed E-state index contributed by atoms with van der Waals surface area (Å²) in [5.41, 5.74) is -1.36. The number of carbonyl (C=O) groups is 1. The lowest BCUT2D eigenvalue weighted by molar-refractivity contribution is -0.192. The van der Waals surface area contributed by atoms with Crippen LogP contribution in [0, 0.1) is 17.8 Å². The van der Waals surface area contributed by atoms with Crippen LogP contribution in [0.15, 0.2) is 0 Å². The van der Waals surface area contributed by atoms with Crippen LogP contribution in [-0.2, 0) is 4.79 Å². The van der Waals surface area contributed by atoms with E-state index in [2.05, 4.69) is 5.92 Å². The summed E-state index contributed by atoms with van der Waals surface area (Å²) in [6.45, 7) is 0. The first-order chi connectivity index (χ1) is 5.42. The second-order valence-corrected chi connectivity index (χ2v) is 3.18. The first kappa shape index (κ1) is 8.98. The molecule has 0 radical (unpaired) electrons. The van der Waals surface area contributed by atoms with Crippen LogP contribution < -0.4 is 0 Å². The Labute approximate surface area is 68.6 Å². The number of rotatable bonds is 2. The predicted molar refractivity (Wildman–Crippen MR) is 37.7 cm³/mol.